The minimum absolute atomic E-state index is 0.272. The van der Waals surface area contributed by atoms with Gasteiger partial charge in [-0.15, -0.1) is 0 Å². The number of halogens is 1. The Morgan fingerprint density at radius 3 is 2.58 bits per heavy atom. The van der Waals surface area contributed by atoms with Crippen LogP contribution in [-0.4, -0.2) is 19.2 Å². The maximum Gasteiger partial charge on any atom is 0.165 e. The molecule has 1 aromatic rings. The summed E-state index contributed by atoms with van der Waals surface area (Å²) in [5, 5.41) is 3.60. The minimum atomic E-state index is -0.272. The second-order valence-corrected chi connectivity index (χ2v) is 5.94. The highest BCUT2D eigenvalue weighted by atomic mass is 19.1. The van der Waals surface area contributed by atoms with E-state index in [-0.39, 0.29) is 5.82 Å². The molecule has 0 aromatic heterocycles. The lowest BCUT2D eigenvalue weighted by Gasteiger charge is -2.17. The Morgan fingerprint density at radius 1 is 1.26 bits per heavy atom. The Labute approximate surface area is 114 Å². The van der Waals surface area contributed by atoms with E-state index >= 15 is 0 Å². The van der Waals surface area contributed by atoms with E-state index in [1.807, 2.05) is 6.92 Å². The summed E-state index contributed by atoms with van der Waals surface area (Å²) in [7, 11) is 0. The number of benzene rings is 1. The standard InChI is InChI=1S/C16H22FNO/c1-11-2-7-14(17)15(10-11)19-9-8-18-16(12-3-4-12)13-5-6-13/h2,7,10,12-13,16,18H,3-6,8-9H2,1H3. The summed E-state index contributed by atoms with van der Waals surface area (Å²) >= 11 is 0. The second kappa shape index (κ2) is 5.49. The molecule has 2 aliphatic rings. The fourth-order valence-electron chi connectivity index (χ4n) is 2.74. The van der Waals surface area contributed by atoms with Gasteiger partial charge >= 0.3 is 0 Å². The van der Waals surface area contributed by atoms with Crippen LogP contribution in [0.25, 0.3) is 0 Å². The van der Waals surface area contributed by atoms with E-state index in [0.29, 0.717) is 18.4 Å². The van der Waals surface area contributed by atoms with Crippen molar-refractivity contribution < 1.29 is 9.13 Å². The van der Waals surface area contributed by atoms with Crippen molar-refractivity contribution in [1.29, 1.82) is 0 Å². The van der Waals surface area contributed by atoms with Gasteiger partial charge in [0, 0.05) is 12.6 Å². The molecule has 104 valence electrons. The van der Waals surface area contributed by atoms with E-state index in [9.17, 15) is 4.39 Å². The van der Waals surface area contributed by atoms with Crippen molar-refractivity contribution in [2.24, 2.45) is 11.8 Å². The Bertz CT molecular complexity index is 428. The van der Waals surface area contributed by atoms with E-state index in [1.165, 1.54) is 31.7 Å². The van der Waals surface area contributed by atoms with E-state index in [2.05, 4.69) is 5.32 Å². The van der Waals surface area contributed by atoms with Crippen molar-refractivity contribution in [2.45, 2.75) is 38.6 Å². The van der Waals surface area contributed by atoms with Crippen LogP contribution in [0.2, 0.25) is 0 Å². The summed E-state index contributed by atoms with van der Waals surface area (Å²) < 4.78 is 19.0. The van der Waals surface area contributed by atoms with Gasteiger partial charge in [0.15, 0.2) is 11.6 Å². The van der Waals surface area contributed by atoms with Crippen LogP contribution in [0, 0.1) is 24.6 Å². The highest BCUT2D eigenvalue weighted by Gasteiger charge is 2.40. The molecule has 1 N–H and O–H groups in total. The van der Waals surface area contributed by atoms with Gasteiger partial charge in [-0.2, -0.15) is 0 Å². The van der Waals surface area contributed by atoms with Crippen LogP contribution >= 0.6 is 0 Å². The zero-order chi connectivity index (χ0) is 13.2. The molecule has 2 aliphatic carbocycles. The topological polar surface area (TPSA) is 21.3 Å². The van der Waals surface area contributed by atoms with E-state index in [1.54, 1.807) is 12.1 Å². The largest absolute Gasteiger partial charge is 0.489 e. The lowest BCUT2D eigenvalue weighted by Crippen LogP contribution is -2.36. The monoisotopic (exact) mass is 263 g/mol. The van der Waals surface area contributed by atoms with Gasteiger partial charge in [0.1, 0.15) is 6.61 Å². The van der Waals surface area contributed by atoms with Crippen LogP contribution < -0.4 is 10.1 Å². The molecular weight excluding hydrogens is 241 g/mol. The lowest BCUT2D eigenvalue weighted by atomic mass is 10.1. The van der Waals surface area contributed by atoms with Gasteiger partial charge in [-0.05, 0) is 62.1 Å². The van der Waals surface area contributed by atoms with Crippen molar-refractivity contribution in [2.75, 3.05) is 13.2 Å². The van der Waals surface area contributed by atoms with Crippen molar-refractivity contribution in [3.05, 3.63) is 29.6 Å². The minimum Gasteiger partial charge on any atom is -0.489 e. The Balaban J connectivity index is 1.43. The molecule has 0 radical (unpaired) electrons. The maximum absolute atomic E-state index is 13.5. The molecule has 0 heterocycles. The normalized spacial score (nSPS) is 18.9. The molecule has 0 aliphatic heterocycles. The fraction of sp³-hybridized carbons (Fsp3) is 0.625. The second-order valence-electron chi connectivity index (χ2n) is 5.94. The van der Waals surface area contributed by atoms with Gasteiger partial charge in [-0.25, -0.2) is 4.39 Å². The zero-order valence-electron chi connectivity index (χ0n) is 11.5. The molecular formula is C16H22FNO. The molecule has 2 nitrogen and oxygen atoms in total. The average molecular weight is 263 g/mol. The summed E-state index contributed by atoms with van der Waals surface area (Å²) in [4.78, 5) is 0. The molecule has 0 unspecified atom stereocenters. The molecule has 0 atom stereocenters. The smallest absolute Gasteiger partial charge is 0.165 e. The first-order valence-corrected chi connectivity index (χ1v) is 7.36. The number of nitrogens with one attached hydrogen (secondary N) is 1. The maximum atomic E-state index is 13.5. The SMILES string of the molecule is Cc1ccc(F)c(OCCNC(C2CC2)C2CC2)c1. The number of aryl methyl sites for hydroxylation is 1. The zero-order valence-corrected chi connectivity index (χ0v) is 11.5. The molecule has 0 bridgehead atoms. The molecule has 0 saturated heterocycles. The molecule has 3 rings (SSSR count). The fourth-order valence-corrected chi connectivity index (χ4v) is 2.74. The van der Waals surface area contributed by atoms with Crippen molar-refractivity contribution >= 4 is 0 Å². The molecule has 2 saturated carbocycles. The Kier molecular flexibility index (Phi) is 3.74. The van der Waals surface area contributed by atoms with E-state index in [0.717, 1.165) is 23.9 Å². The van der Waals surface area contributed by atoms with Crippen LogP contribution in [0.1, 0.15) is 31.2 Å². The summed E-state index contributed by atoms with van der Waals surface area (Å²) in [5.41, 5.74) is 1.03. The first-order valence-electron chi connectivity index (χ1n) is 7.36. The first kappa shape index (κ1) is 12.9. The molecule has 19 heavy (non-hydrogen) atoms. The third-order valence-electron chi connectivity index (χ3n) is 4.09. The average Bonchev–Trinajstić information content (AvgIpc) is 3.26. The lowest BCUT2D eigenvalue weighted by molar-refractivity contribution is 0.282. The van der Waals surface area contributed by atoms with Gasteiger partial charge in [0.2, 0.25) is 0 Å². The van der Waals surface area contributed by atoms with E-state index < -0.39 is 0 Å². The van der Waals surface area contributed by atoms with Gasteiger partial charge < -0.3 is 10.1 Å². The van der Waals surface area contributed by atoms with Crippen molar-refractivity contribution in [3.63, 3.8) is 0 Å². The van der Waals surface area contributed by atoms with Crippen LogP contribution in [0.3, 0.4) is 0 Å². The van der Waals surface area contributed by atoms with Gasteiger partial charge in [-0.3, -0.25) is 0 Å². The summed E-state index contributed by atoms with van der Waals surface area (Å²) in [6.45, 7) is 3.29. The summed E-state index contributed by atoms with van der Waals surface area (Å²) in [5.74, 6) is 1.88. The van der Waals surface area contributed by atoms with Crippen molar-refractivity contribution in [1.82, 2.24) is 5.32 Å². The third kappa shape index (κ3) is 3.47. The van der Waals surface area contributed by atoms with Crippen LogP contribution in [0.4, 0.5) is 4.39 Å². The van der Waals surface area contributed by atoms with Gasteiger partial charge in [0.05, 0.1) is 0 Å². The summed E-state index contributed by atoms with van der Waals surface area (Å²) in [6.07, 6.45) is 5.51. The Hall–Kier alpha value is -1.09. The number of hydrogen-bond acceptors (Lipinski definition) is 2. The highest BCUT2D eigenvalue weighted by molar-refractivity contribution is 5.29. The number of ether oxygens (including phenoxy) is 1. The molecule has 0 spiro atoms. The first-order chi connectivity index (χ1) is 9.24. The molecule has 3 heteroatoms. The van der Waals surface area contributed by atoms with Crippen LogP contribution in [0.15, 0.2) is 18.2 Å². The van der Waals surface area contributed by atoms with Gasteiger partial charge in [-0.1, -0.05) is 6.07 Å². The molecule has 2 fully saturated rings. The number of rotatable bonds is 7. The quantitative estimate of drug-likeness (QED) is 0.762. The predicted molar refractivity (Wildman–Crippen MR) is 73.9 cm³/mol. The van der Waals surface area contributed by atoms with Crippen molar-refractivity contribution in [3.8, 4) is 5.75 Å². The summed E-state index contributed by atoms with van der Waals surface area (Å²) in [6, 6.07) is 5.67. The molecule has 1 aromatic carbocycles. The molecule has 0 amide bonds. The highest BCUT2D eigenvalue weighted by Crippen LogP contribution is 2.44. The van der Waals surface area contributed by atoms with Gasteiger partial charge in [0.25, 0.3) is 0 Å². The van der Waals surface area contributed by atoms with E-state index in [4.69, 9.17) is 4.74 Å². The third-order valence-corrected chi connectivity index (χ3v) is 4.09. The van der Waals surface area contributed by atoms with Crippen LogP contribution in [0.5, 0.6) is 5.75 Å². The number of hydrogen-bond donors (Lipinski definition) is 1. The van der Waals surface area contributed by atoms with Crippen LogP contribution in [-0.2, 0) is 0 Å². The Morgan fingerprint density at radius 2 is 1.95 bits per heavy atom. The predicted octanol–water partition coefficient (Wildman–Crippen LogP) is 3.29.